The first kappa shape index (κ1) is 12.9. The normalized spacial score (nSPS) is 10.7. The molecule has 0 saturated carbocycles. The van der Waals surface area contributed by atoms with Gasteiger partial charge in [0.05, 0.1) is 16.3 Å². The molecule has 96 valence electrons. The summed E-state index contributed by atoms with van der Waals surface area (Å²) in [7, 11) is 0. The van der Waals surface area contributed by atoms with Crippen LogP contribution in [0.2, 0.25) is 5.02 Å². The standard InChI is InChI=1S/C13H15ClN2O2/c1-8-11(9(2)18-16-8)7-17-13-10(6-15)4-3-5-12(13)14/h3-5H,6-7,15H2,1-2H3. The van der Waals surface area contributed by atoms with E-state index >= 15 is 0 Å². The highest BCUT2D eigenvalue weighted by molar-refractivity contribution is 6.32. The van der Waals surface area contributed by atoms with Gasteiger partial charge in [-0.2, -0.15) is 0 Å². The van der Waals surface area contributed by atoms with Gasteiger partial charge in [-0.25, -0.2) is 0 Å². The molecule has 0 fully saturated rings. The fourth-order valence-electron chi connectivity index (χ4n) is 1.73. The zero-order valence-electron chi connectivity index (χ0n) is 10.4. The van der Waals surface area contributed by atoms with E-state index in [1.165, 1.54) is 0 Å². The summed E-state index contributed by atoms with van der Waals surface area (Å²) in [4.78, 5) is 0. The van der Waals surface area contributed by atoms with Gasteiger partial charge in [0.2, 0.25) is 0 Å². The van der Waals surface area contributed by atoms with Gasteiger partial charge < -0.3 is 15.0 Å². The van der Waals surface area contributed by atoms with Gasteiger partial charge in [-0.3, -0.25) is 0 Å². The Hall–Kier alpha value is -1.52. The lowest BCUT2D eigenvalue weighted by Crippen LogP contribution is -2.04. The van der Waals surface area contributed by atoms with Gasteiger partial charge in [0.25, 0.3) is 0 Å². The summed E-state index contributed by atoms with van der Waals surface area (Å²) in [6.45, 7) is 4.50. The number of nitrogens with zero attached hydrogens (tertiary/aromatic N) is 1. The number of rotatable bonds is 4. The molecule has 0 spiro atoms. The van der Waals surface area contributed by atoms with E-state index in [0.717, 1.165) is 22.6 Å². The second-order valence-electron chi connectivity index (χ2n) is 4.02. The number of para-hydroxylation sites is 1. The molecule has 0 radical (unpaired) electrons. The number of aryl methyl sites for hydroxylation is 2. The van der Waals surface area contributed by atoms with Crippen molar-refractivity contribution in [3.8, 4) is 5.75 Å². The van der Waals surface area contributed by atoms with E-state index in [9.17, 15) is 0 Å². The predicted molar refractivity (Wildman–Crippen MR) is 69.7 cm³/mol. The lowest BCUT2D eigenvalue weighted by atomic mass is 10.2. The maximum Gasteiger partial charge on any atom is 0.142 e. The van der Waals surface area contributed by atoms with Crippen LogP contribution in [-0.4, -0.2) is 5.16 Å². The Kier molecular flexibility index (Phi) is 3.89. The first-order valence-electron chi connectivity index (χ1n) is 5.65. The monoisotopic (exact) mass is 266 g/mol. The Labute approximate surface area is 111 Å². The molecule has 1 heterocycles. The molecule has 2 aromatic rings. The Balaban J connectivity index is 2.20. The van der Waals surface area contributed by atoms with Crippen LogP contribution < -0.4 is 10.5 Å². The third kappa shape index (κ3) is 2.49. The number of hydrogen-bond acceptors (Lipinski definition) is 4. The first-order chi connectivity index (χ1) is 8.63. The number of ether oxygens (including phenoxy) is 1. The molecule has 0 bridgehead atoms. The highest BCUT2D eigenvalue weighted by atomic mass is 35.5. The summed E-state index contributed by atoms with van der Waals surface area (Å²) in [5, 5.41) is 4.44. The molecule has 0 aliphatic rings. The second-order valence-corrected chi connectivity index (χ2v) is 4.43. The number of aromatic nitrogens is 1. The molecule has 1 aromatic carbocycles. The van der Waals surface area contributed by atoms with E-state index < -0.39 is 0 Å². The maximum atomic E-state index is 6.11. The van der Waals surface area contributed by atoms with Gasteiger partial charge in [-0.1, -0.05) is 28.9 Å². The molecular weight excluding hydrogens is 252 g/mol. The third-order valence-electron chi connectivity index (χ3n) is 2.81. The number of nitrogens with two attached hydrogens (primary N) is 1. The van der Waals surface area contributed by atoms with Gasteiger partial charge in [0, 0.05) is 12.1 Å². The van der Waals surface area contributed by atoms with Crippen molar-refractivity contribution >= 4 is 11.6 Å². The van der Waals surface area contributed by atoms with Crippen LogP contribution in [0.25, 0.3) is 0 Å². The third-order valence-corrected chi connectivity index (χ3v) is 3.11. The topological polar surface area (TPSA) is 61.3 Å². The Bertz CT molecular complexity index is 532. The average Bonchev–Trinajstić information content (AvgIpc) is 2.68. The first-order valence-corrected chi connectivity index (χ1v) is 6.03. The van der Waals surface area contributed by atoms with Gasteiger partial charge in [0.15, 0.2) is 0 Å². The van der Waals surface area contributed by atoms with E-state index in [1.54, 1.807) is 6.07 Å². The molecule has 5 heteroatoms. The molecule has 1 aromatic heterocycles. The molecule has 2 rings (SSSR count). The molecule has 0 saturated heterocycles. The Morgan fingerprint density at radius 2 is 2.17 bits per heavy atom. The van der Waals surface area contributed by atoms with Crippen molar-refractivity contribution in [3.05, 3.63) is 45.8 Å². The SMILES string of the molecule is Cc1noc(C)c1COc1c(Cl)cccc1CN. The molecule has 0 atom stereocenters. The van der Waals surface area contributed by atoms with Crippen LogP contribution >= 0.6 is 11.6 Å². The molecule has 0 aliphatic carbocycles. The van der Waals surface area contributed by atoms with Crippen molar-refractivity contribution < 1.29 is 9.26 Å². The zero-order chi connectivity index (χ0) is 13.1. The largest absolute Gasteiger partial charge is 0.487 e. The molecule has 0 aliphatic heterocycles. The molecule has 18 heavy (non-hydrogen) atoms. The van der Waals surface area contributed by atoms with Crippen molar-refractivity contribution in [2.75, 3.05) is 0 Å². The Morgan fingerprint density at radius 3 is 2.78 bits per heavy atom. The summed E-state index contributed by atoms with van der Waals surface area (Å²) in [5.74, 6) is 1.38. The molecule has 4 nitrogen and oxygen atoms in total. The molecule has 0 amide bonds. The summed E-state index contributed by atoms with van der Waals surface area (Å²) in [6.07, 6.45) is 0. The van der Waals surface area contributed by atoms with E-state index in [1.807, 2.05) is 26.0 Å². The average molecular weight is 267 g/mol. The van der Waals surface area contributed by atoms with Gasteiger partial charge in [-0.15, -0.1) is 0 Å². The second kappa shape index (κ2) is 5.42. The highest BCUT2D eigenvalue weighted by Gasteiger charge is 2.12. The fourth-order valence-corrected chi connectivity index (χ4v) is 1.98. The van der Waals surface area contributed by atoms with Gasteiger partial charge in [-0.05, 0) is 19.9 Å². The maximum absolute atomic E-state index is 6.11. The quantitative estimate of drug-likeness (QED) is 0.924. The van der Waals surface area contributed by atoms with Crippen LogP contribution in [0.4, 0.5) is 0 Å². The highest BCUT2D eigenvalue weighted by Crippen LogP contribution is 2.29. The summed E-state index contributed by atoms with van der Waals surface area (Å²) < 4.78 is 10.8. The van der Waals surface area contributed by atoms with E-state index in [-0.39, 0.29) is 0 Å². The number of hydrogen-bond donors (Lipinski definition) is 1. The lowest BCUT2D eigenvalue weighted by molar-refractivity contribution is 0.299. The smallest absolute Gasteiger partial charge is 0.142 e. The van der Waals surface area contributed by atoms with Crippen LogP contribution in [0.5, 0.6) is 5.75 Å². The van der Waals surface area contributed by atoms with Crippen molar-refractivity contribution in [1.82, 2.24) is 5.16 Å². The van der Waals surface area contributed by atoms with Crippen LogP contribution in [0.1, 0.15) is 22.6 Å². The van der Waals surface area contributed by atoms with Crippen molar-refractivity contribution in [3.63, 3.8) is 0 Å². The van der Waals surface area contributed by atoms with Gasteiger partial charge in [0.1, 0.15) is 18.1 Å². The van der Waals surface area contributed by atoms with Gasteiger partial charge >= 0.3 is 0 Å². The minimum Gasteiger partial charge on any atom is -0.487 e. The molecule has 2 N–H and O–H groups in total. The lowest BCUT2D eigenvalue weighted by Gasteiger charge is -2.11. The van der Waals surface area contributed by atoms with Crippen molar-refractivity contribution in [2.45, 2.75) is 27.0 Å². The van der Waals surface area contributed by atoms with Crippen LogP contribution in [0.3, 0.4) is 0 Å². The number of benzene rings is 1. The van der Waals surface area contributed by atoms with Crippen LogP contribution in [0.15, 0.2) is 22.7 Å². The van der Waals surface area contributed by atoms with E-state index in [2.05, 4.69) is 5.16 Å². The van der Waals surface area contributed by atoms with Crippen LogP contribution in [0, 0.1) is 13.8 Å². The van der Waals surface area contributed by atoms with E-state index in [4.69, 9.17) is 26.6 Å². The number of halogens is 1. The van der Waals surface area contributed by atoms with Crippen molar-refractivity contribution in [1.29, 1.82) is 0 Å². The van der Waals surface area contributed by atoms with E-state index in [0.29, 0.717) is 23.9 Å². The minimum absolute atomic E-state index is 0.373. The zero-order valence-corrected chi connectivity index (χ0v) is 11.1. The van der Waals surface area contributed by atoms with Crippen molar-refractivity contribution in [2.24, 2.45) is 5.73 Å². The fraction of sp³-hybridized carbons (Fsp3) is 0.308. The molecular formula is C13H15ClN2O2. The minimum atomic E-state index is 0.373. The Morgan fingerprint density at radius 1 is 1.39 bits per heavy atom. The van der Waals surface area contributed by atoms with Crippen LogP contribution in [-0.2, 0) is 13.2 Å². The summed E-state index contributed by atoms with van der Waals surface area (Å²) in [5.41, 5.74) is 8.31. The molecule has 0 unspecified atom stereocenters. The summed E-state index contributed by atoms with van der Waals surface area (Å²) >= 11 is 6.11. The summed E-state index contributed by atoms with van der Waals surface area (Å²) in [6, 6.07) is 5.53. The predicted octanol–water partition coefficient (Wildman–Crippen LogP) is 2.98.